The van der Waals surface area contributed by atoms with Crippen molar-refractivity contribution in [3.05, 3.63) is 0 Å². The van der Waals surface area contributed by atoms with Gasteiger partial charge in [0.25, 0.3) is 0 Å². The average molecular weight is 265 g/mol. The first-order valence-corrected chi connectivity index (χ1v) is 6.51. The number of hydrogen-bond acceptors (Lipinski definition) is 6. The molecule has 1 rings (SSSR count). The minimum absolute atomic E-state index is 0.0289. The van der Waals surface area contributed by atoms with Gasteiger partial charge < -0.3 is 4.55 Å². The fourth-order valence-electron chi connectivity index (χ4n) is 1.37. The van der Waals surface area contributed by atoms with Crippen molar-refractivity contribution in [2.75, 3.05) is 0 Å². The fraction of sp³-hybridized carbons (Fsp3) is 0.800. The molecular weight excluding hydrogens is 248 g/mol. The quantitative estimate of drug-likeness (QED) is 0.402. The van der Waals surface area contributed by atoms with Gasteiger partial charge in [-0.05, 0) is 12.8 Å². The van der Waals surface area contributed by atoms with Gasteiger partial charge in [0.1, 0.15) is 0 Å². The summed E-state index contributed by atoms with van der Waals surface area (Å²) >= 11 is -1.80. The highest BCUT2D eigenvalue weighted by Crippen LogP contribution is 2.20. The van der Waals surface area contributed by atoms with Crippen LogP contribution in [0.1, 0.15) is 46.0 Å². The van der Waals surface area contributed by atoms with Gasteiger partial charge in [0.15, 0.2) is 0 Å². The zero-order valence-electron chi connectivity index (χ0n) is 9.97. The summed E-state index contributed by atoms with van der Waals surface area (Å²) in [5.41, 5.74) is 0. The standard InChI is InChI=1S/C6H12O2S.C4H6O4/c7-9(8)6-4-2-1-3-5-6;1-3(5)7-8-4(2)6/h6H,1-5H2,(H,7,8);1-2H3/p-1. The normalized spacial score (nSPS) is 17.4. The number of carbonyl (C=O) groups excluding carboxylic acids is 2. The van der Waals surface area contributed by atoms with Crippen molar-refractivity contribution in [2.45, 2.75) is 51.2 Å². The summed E-state index contributed by atoms with van der Waals surface area (Å²) in [6.45, 7) is 2.28. The van der Waals surface area contributed by atoms with E-state index >= 15 is 0 Å². The molecule has 0 aromatic carbocycles. The van der Waals surface area contributed by atoms with Crippen LogP contribution < -0.4 is 0 Å². The molecule has 0 aromatic heterocycles. The minimum atomic E-state index is -1.80. The summed E-state index contributed by atoms with van der Waals surface area (Å²) < 4.78 is 20.7. The van der Waals surface area contributed by atoms with Gasteiger partial charge in [-0.15, -0.1) is 0 Å². The van der Waals surface area contributed by atoms with E-state index in [4.69, 9.17) is 0 Å². The third-order valence-electron chi connectivity index (χ3n) is 2.10. The second kappa shape index (κ2) is 9.12. The molecule has 0 amide bonds. The number of rotatable bonds is 1. The molecule has 1 saturated carbocycles. The minimum Gasteiger partial charge on any atom is -0.772 e. The van der Waals surface area contributed by atoms with E-state index in [0.717, 1.165) is 39.5 Å². The van der Waals surface area contributed by atoms with Crippen molar-refractivity contribution in [1.29, 1.82) is 0 Å². The van der Waals surface area contributed by atoms with Crippen LogP contribution in [0, 0.1) is 0 Å². The van der Waals surface area contributed by atoms with E-state index in [1.807, 2.05) is 0 Å². The van der Waals surface area contributed by atoms with Crippen molar-refractivity contribution >= 4 is 23.0 Å². The second-order valence-electron chi connectivity index (χ2n) is 3.67. The molecular formula is C10H17O6S-. The van der Waals surface area contributed by atoms with Crippen LogP contribution in [0.4, 0.5) is 0 Å². The van der Waals surface area contributed by atoms with Crippen molar-refractivity contribution in [1.82, 2.24) is 0 Å². The molecule has 0 aliphatic heterocycles. The summed E-state index contributed by atoms with van der Waals surface area (Å²) in [7, 11) is 0. The molecule has 1 unspecified atom stereocenters. The van der Waals surface area contributed by atoms with Crippen LogP contribution in [-0.2, 0) is 30.4 Å². The van der Waals surface area contributed by atoms with E-state index in [1.165, 1.54) is 6.42 Å². The molecule has 1 aliphatic rings. The Kier molecular flexibility index (Phi) is 8.61. The molecule has 0 N–H and O–H groups in total. The first-order chi connectivity index (χ1) is 7.93. The molecule has 1 aliphatic carbocycles. The monoisotopic (exact) mass is 265 g/mol. The molecule has 1 fully saturated rings. The Morgan fingerprint density at radius 1 is 1.06 bits per heavy atom. The van der Waals surface area contributed by atoms with E-state index in [0.29, 0.717) is 0 Å². The molecule has 0 aromatic rings. The molecule has 7 heteroatoms. The summed E-state index contributed by atoms with van der Waals surface area (Å²) in [4.78, 5) is 27.3. The van der Waals surface area contributed by atoms with Crippen LogP contribution in [-0.4, -0.2) is 26.0 Å². The SMILES string of the molecule is CC(=O)OOC(C)=O.O=S([O-])C1CCCCC1. The Morgan fingerprint density at radius 2 is 1.47 bits per heavy atom. The van der Waals surface area contributed by atoms with Crippen molar-refractivity contribution in [3.63, 3.8) is 0 Å². The van der Waals surface area contributed by atoms with Gasteiger partial charge in [0.2, 0.25) is 0 Å². The zero-order chi connectivity index (χ0) is 13.3. The van der Waals surface area contributed by atoms with Gasteiger partial charge in [-0.1, -0.05) is 30.3 Å². The predicted molar refractivity (Wildman–Crippen MR) is 59.3 cm³/mol. The predicted octanol–water partition coefficient (Wildman–Crippen LogP) is 1.23. The van der Waals surface area contributed by atoms with Gasteiger partial charge in [0, 0.05) is 19.1 Å². The highest BCUT2D eigenvalue weighted by Gasteiger charge is 2.12. The Balaban J connectivity index is 0.000000304. The van der Waals surface area contributed by atoms with E-state index in [1.54, 1.807) is 0 Å². The lowest BCUT2D eigenvalue weighted by molar-refractivity contribution is -0.255. The van der Waals surface area contributed by atoms with E-state index < -0.39 is 23.0 Å². The Labute approximate surface area is 103 Å². The van der Waals surface area contributed by atoms with Crippen LogP contribution in [0.5, 0.6) is 0 Å². The molecule has 17 heavy (non-hydrogen) atoms. The van der Waals surface area contributed by atoms with Crippen LogP contribution in [0.15, 0.2) is 0 Å². The fourth-order valence-corrected chi connectivity index (χ4v) is 2.09. The molecule has 0 radical (unpaired) electrons. The first-order valence-electron chi connectivity index (χ1n) is 5.37. The Morgan fingerprint density at radius 3 is 1.71 bits per heavy atom. The van der Waals surface area contributed by atoms with E-state index in [2.05, 4.69) is 9.78 Å². The summed E-state index contributed by atoms with van der Waals surface area (Å²) in [5.74, 6) is -1.28. The van der Waals surface area contributed by atoms with Crippen molar-refractivity contribution in [2.24, 2.45) is 0 Å². The third-order valence-corrected chi connectivity index (χ3v) is 3.12. The van der Waals surface area contributed by atoms with Crippen LogP contribution in [0.2, 0.25) is 0 Å². The maximum atomic E-state index is 10.4. The van der Waals surface area contributed by atoms with E-state index in [-0.39, 0.29) is 5.25 Å². The first kappa shape index (κ1) is 16.1. The molecule has 1 atom stereocenters. The van der Waals surface area contributed by atoms with Crippen molar-refractivity contribution in [3.8, 4) is 0 Å². The highest BCUT2D eigenvalue weighted by molar-refractivity contribution is 7.79. The van der Waals surface area contributed by atoms with Crippen LogP contribution in [0.25, 0.3) is 0 Å². The molecule has 0 spiro atoms. The molecule has 100 valence electrons. The number of carbonyl (C=O) groups is 2. The van der Waals surface area contributed by atoms with Crippen LogP contribution in [0.3, 0.4) is 0 Å². The summed E-state index contributed by atoms with van der Waals surface area (Å²) in [6, 6.07) is 0. The van der Waals surface area contributed by atoms with E-state index in [9.17, 15) is 18.4 Å². The van der Waals surface area contributed by atoms with Gasteiger partial charge in [-0.3, -0.25) is 4.21 Å². The summed E-state index contributed by atoms with van der Waals surface area (Å²) in [5, 5.41) is -0.0289. The van der Waals surface area contributed by atoms with Crippen molar-refractivity contribution < 1.29 is 28.1 Å². The lowest BCUT2D eigenvalue weighted by Crippen LogP contribution is -2.17. The summed E-state index contributed by atoms with van der Waals surface area (Å²) in [6.07, 6.45) is 5.18. The third kappa shape index (κ3) is 9.95. The average Bonchev–Trinajstić information content (AvgIpc) is 2.28. The largest absolute Gasteiger partial charge is 0.772 e. The lowest BCUT2D eigenvalue weighted by atomic mass is 10.0. The molecule has 0 saturated heterocycles. The number of hydrogen-bond donors (Lipinski definition) is 0. The molecule has 6 nitrogen and oxygen atoms in total. The topological polar surface area (TPSA) is 92.7 Å². The maximum Gasteiger partial charge on any atom is 0.352 e. The molecule has 0 heterocycles. The second-order valence-corrected chi connectivity index (χ2v) is 4.86. The van der Waals surface area contributed by atoms with Gasteiger partial charge in [-0.2, -0.15) is 0 Å². The van der Waals surface area contributed by atoms with Gasteiger partial charge in [-0.25, -0.2) is 19.4 Å². The van der Waals surface area contributed by atoms with Gasteiger partial charge in [0.05, 0.1) is 0 Å². The molecule has 0 bridgehead atoms. The van der Waals surface area contributed by atoms with Gasteiger partial charge >= 0.3 is 11.9 Å². The van der Waals surface area contributed by atoms with Crippen LogP contribution >= 0.6 is 0 Å². The lowest BCUT2D eigenvalue weighted by Gasteiger charge is -2.23. The maximum absolute atomic E-state index is 10.4. The smallest absolute Gasteiger partial charge is 0.352 e. The Hall–Kier alpha value is -0.950. The highest BCUT2D eigenvalue weighted by atomic mass is 32.2. The zero-order valence-corrected chi connectivity index (χ0v) is 10.8. The Bertz CT molecular complexity index is 258.